The lowest BCUT2D eigenvalue weighted by Gasteiger charge is -2.30. The average molecular weight is 232 g/mol. The molecule has 0 aromatic carbocycles. The maximum atomic E-state index is 5.53. The minimum atomic E-state index is -0.250. The molecule has 0 saturated carbocycles. The first kappa shape index (κ1) is 15.8. The van der Waals surface area contributed by atoms with Crippen LogP contribution < -0.4 is 10.6 Å². The van der Waals surface area contributed by atoms with E-state index in [0.29, 0.717) is 0 Å². The lowest BCUT2D eigenvalue weighted by atomic mass is 10.1. The van der Waals surface area contributed by atoms with Gasteiger partial charge >= 0.3 is 0 Å². The van der Waals surface area contributed by atoms with Gasteiger partial charge in [0, 0.05) is 0 Å². The zero-order valence-electron chi connectivity index (χ0n) is 11.6. The highest BCUT2D eigenvalue weighted by atomic mass is 17.2. The Morgan fingerprint density at radius 2 is 1.06 bits per heavy atom. The number of nitrogens with one attached hydrogen (secondary N) is 2. The Labute approximate surface area is 100 Å². The molecule has 0 amide bonds. The van der Waals surface area contributed by atoms with Gasteiger partial charge in [-0.2, -0.15) is 0 Å². The van der Waals surface area contributed by atoms with E-state index in [2.05, 4.69) is 10.6 Å². The van der Waals surface area contributed by atoms with Crippen molar-refractivity contribution in [1.29, 1.82) is 0 Å². The molecule has 2 N–H and O–H groups in total. The molecule has 4 heteroatoms. The molecule has 0 radical (unpaired) electrons. The van der Waals surface area contributed by atoms with E-state index in [-0.39, 0.29) is 11.2 Å². The summed E-state index contributed by atoms with van der Waals surface area (Å²) in [5, 5.41) is 6.22. The van der Waals surface area contributed by atoms with Gasteiger partial charge in [0.2, 0.25) is 0 Å². The monoisotopic (exact) mass is 232 g/mol. The van der Waals surface area contributed by atoms with Crippen LogP contribution in [0.5, 0.6) is 0 Å². The van der Waals surface area contributed by atoms with Crippen LogP contribution in [-0.2, 0) is 9.78 Å². The zero-order valence-corrected chi connectivity index (χ0v) is 11.6. The van der Waals surface area contributed by atoms with Crippen LogP contribution in [0, 0.1) is 0 Å². The molecule has 0 aliphatic rings. The van der Waals surface area contributed by atoms with Crippen molar-refractivity contribution in [2.45, 2.75) is 51.7 Å². The first-order valence-corrected chi connectivity index (χ1v) is 5.99. The molecule has 0 aromatic heterocycles. The number of hydrogen-bond donors (Lipinski definition) is 2. The van der Waals surface area contributed by atoms with Crippen LogP contribution in [0.3, 0.4) is 0 Å². The summed E-state index contributed by atoms with van der Waals surface area (Å²) in [5.41, 5.74) is -0.500. The minimum absolute atomic E-state index is 0.250. The second-order valence-electron chi connectivity index (χ2n) is 5.39. The molecule has 0 spiro atoms. The van der Waals surface area contributed by atoms with Crippen LogP contribution in [-0.4, -0.2) is 38.4 Å². The summed E-state index contributed by atoms with van der Waals surface area (Å²) in [4.78, 5) is 11.1. The Kier molecular flexibility index (Phi) is 7.15. The molecular weight excluding hydrogens is 204 g/mol. The van der Waals surface area contributed by atoms with Gasteiger partial charge in [-0.1, -0.05) is 0 Å². The third kappa shape index (κ3) is 8.05. The lowest BCUT2D eigenvalue weighted by molar-refractivity contribution is -0.402. The highest BCUT2D eigenvalue weighted by Crippen LogP contribution is 2.21. The summed E-state index contributed by atoms with van der Waals surface area (Å²) in [6, 6.07) is 0. The van der Waals surface area contributed by atoms with Gasteiger partial charge < -0.3 is 10.6 Å². The molecule has 16 heavy (non-hydrogen) atoms. The van der Waals surface area contributed by atoms with Crippen LogP contribution in [0.4, 0.5) is 0 Å². The maximum absolute atomic E-state index is 5.53. The SMILES string of the molecule is CNCCC(C)(C)OOC(C)(C)CCNC. The normalized spacial score (nSPS) is 13.1. The molecule has 0 atom stereocenters. The zero-order chi connectivity index (χ0) is 12.7. The second-order valence-corrected chi connectivity index (χ2v) is 5.39. The molecular formula is C12H28N2O2. The van der Waals surface area contributed by atoms with Crippen molar-refractivity contribution in [3.05, 3.63) is 0 Å². The quantitative estimate of drug-likeness (QED) is 0.469. The van der Waals surface area contributed by atoms with E-state index in [1.54, 1.807) is 0 Å². The van der Waals surface area contributed by atoms with Crippen LogP contribution in [0.15, 0.2) is 0 Å². The Bertz CT molecular complexity index is 162. The molecule has 0 rings (SSSR count). The van der Waals surface area contributed by atoms with E-state index < -0.39 is 0 Å². The van der Waals surface area contributed by atoms with E-state index >= 15 is 0 Å². The fourth-order valence-electron chi connectivity index (χ4n) is 1.16. The molecule has 0 heterocycles. The van der Waals surface area contributed by atoms with Crippen molar-refractivity contribution in [3.8, 4) is 0 Å². The van der Waals surface area contributed by atoms with E-state index in [0.717, 1.165) is 25.9 Å². The molecule has 98 valence electrons. The molecule has 0 bridgehead atoms. The molecule has 0 aromatic rings. The predicted molar refractivity (Wildman–Crippen MR) is 67.4 cm³/mol. The van der Waals surface area contributed by atoms with Gasteiger partial charge in [0.1, 0.15) is 0 Å². The summed E-state index contributed by atoms with van der Waals surface area (Å²) in [6.07, 6.45) is 1.84. The fraction of sp³-hybridized carbons (Fsp3) is 1.00. The van der Waals surface area contributed by atoms with Crippen LogP contribution in [0.1, 0.15) is 40.5 Å². The van der Waals surface area contributed by atoms with E-state index in [4.69, 9.17) is 9.78 Å². The van der Waals surface area contributed by atoms with Crippen LogP contribution in [0.25, 0.3) is 0 Å². The second kappa shape index (κ2) is 7.22. The van der Waals surface area contributed by atoms with Crippen LogP contribution >= 0.6 is 0 Å². The summed E-state index contributed by atoms with van der Waals surface area (Å²) in [5.74, 6) is 0. The van der Waals surface area contributed by atoms with E-state index in [1.807, 2.05) is 41.8 Å². The van der Waals surface area contributed by atoms with Gasteiger partial charge in [0.15, 0.2) is 0 Å². The summed E-state index contributed by atoms with van der Waals surface area (Å²) >= 11 is 0. The maximum Gasteiger partial charge on any atom is 0.0992 e. The van der Waals surface area contributed by atoms with Gasteiger partial charge in [0.25, 0.3) is 0 Å². The summed E-state index contributed by atoms with van der Waals surface area (Å²) < 4.78 is 0. The number of hydrogen-bond acceptors (Lipinski definition) is 4. The first-order chi connectivity index (χ1) is 7.33. The Morgan fingerprint density at radius 3 is 1.31 bits per heavy atom. The van der Waals surface area contributed by atoms with Crippen molar-refractivity contribution in [3.63, 3.8) is 0 Å². The van der Waals surface area contributed by atoms with Gasteiger partial charge in [-0.25, -0.2) is 9.78 Å². The fourth-order valence-corrected chi connectivity index (χ4v) is 1.16. The standard InChI is InChI=1S/C12H28N2O2/c1-11(2,7-9-13-5)15-16-12(3,4)8-10-14-6/h13-14H,7-10H2,1-6H3. The lowest BCUT2D eigenvalue weighted by Crippen LogP contribution is -2.36. The van der Waals surface area contributed by atoms with E-state index in [9.17, 15) is 0 Å². The van der Waals surface area contributed by atoms with Gasteiger partial charge in [-0.05, 0) is 67.7 Å². The molecule has 0 aliphatic heterocycles. The van der Waals surface area contributed by atoms with Gasteiger partial charge in [-0.3, -0.25) is 0 Å². The highest BCUT2D eigenvalue weighted by Gasteiger charge is 2.25. The molecule has 0 fully saturated rings. The largest absolute Gasteiger partial charge is 0.320 e. The Balaban J connectivity index is 3.91. The first-order valence-electron chi connectivity index (χ1n) is 5.99. The number of rotatable bonds is 9. The smallest absolute Gasteiger partial charge is 0.0992 e. The molecule has 4 nitrogen and oxygen atoms in total. The predicted octanol–water partition coefficient (Wildman–Crippen LogP) is 1.71. The third-order valence-electron chi connectivity index (χ3n) is 2.45. The summed E-state index contributed by atoms with van der Waals surface area (Å²) in [6.45, 7) is 10.0. The van der Waals surface area contributed by atoms with Crippen molar-refractivity contribution < 1.29 is 9.78 Å². The van der Waals surface area contributed by atoms with Crippen LogP contribution in [0.2, 0.25) is 0 Å². The Morgan fingerprint density at radius 1 is 0.750 bits per heavy atom. The topological polar surface area (TPSA) is 42.5 Å². The molecule has 0 unspecified atom stereocenters. The van der Waals surface area contributed by atoms with Crippen molar-refractivity contribution >= 4 is 0 Å². The average Bonchev–Trinajstić information content (AvgIpc) is 2.22. The van der Waals surface area contributed by atoms with Gasteiger partial charge in [-0.15, -0.1) is 0 Å². The highest BCUT2D eigenvalue weighted by molar-refractivity contribution is 4.70. The van der Waals surface area contributed by atoms with Crippen molar-refractivity contribution in [1.82, 2.24) is 10.6 Å². The third-order valence-corrected chi connectivity index (χ3v) is 2.45. The Hall–Kier alpha value is -0.160. The minimum Gasteiger partial charge on any atom is -0.320 e. The molecule has 0 aliphatic carbocycles. The molecule has 0 saturated heterocycles. The summed E-state index contributed by atoms with van der Waals surface area (Å²) in [7, 11) is 3.88. The van der Waals surface area contributed by atoms with Crippen molar-refractivity contribution in [2.75, 3.05) is 27.2 Å². The van der Waals surface area contributed by atoms with E-state index in [1.165, 1.54) is 0 Å². The van der Waals surface area contributed by atoms with Crippen molar-refractivity contribution in [2.24, 2.45) is 0 Å². The van der Waals surface area contributed by atoms with Gasteiger partial charge in [0.05, 0.1) is 11.2 Å².